The lowest BCUT2D eigenvalue weighted by Gasteiger charge is -2.29. The molecule has 0 radical (unpaired) electrons. The van der Waals surface area contributed by atoms with Gasteiger partial charge in [0.2, 0.25) is 5.91 Å². The van der Waals surface area contributed by atoms with Crippen LogP contribution in [0.2, 0.25) is 5.02 Å². The summed E-state index contributed by atoms with van der Waals surface area (Å²) in [7, 11) is 1.55. The number of rotatable bonds is 6. The number of amides is 1. The number of methoxy groups -OCH3 is 1. The third-order valence-corrected chi connectivity index (χ3v) is 7.93. The highest BCUT2D eigenvalue weighted by atomic mass is 35.5. The van der Waals surface area contributed by atoms with Gasteiger partial charge in [-0.3, -0.25) is 4.79 Å². The molecule has 1 N–H and O–H groups in total. The van der Waals surface area contributed by atoms with Crippen LogP contribution in [-0.4, -0.2) is 46.8 Å². The number of carbonyl (C=O) groups is 1. The maximum Gasteiger partial charge on any atom is 0.234 e. The molecule has 1 aliphatic heterocycles. The molecule has 3 aromatic rings. The molecule has 4 rings (SSSR count). The van der Waals surface area contributed by atoms with E-state index in [1.807, 2.05) is 13.0 Å². The summed E-state index contributed by atoms with van der Waals surface area (Å²) in [6.45, 7) is 6.21. The summed E-state index contributed by atoms with van der Waals surface area (Å²) >= 11 is 9.12. The fourth-order valence-electron chi connectivity index (χ4n) is 3.41. The van der Waals surface area contributed by atoms with E-state index in [0.717, 1.165) is 39.4 Å². The number of fused-ring (bicyclic) bond motifs is 1. The fraction of sp³-hybridized carbons (Fsp3) is 0.429. The second kappa shape index (κ2) is 9.58. The Balaban J connectivity index is 1.45. The number of carbonyl (C=O) groups excluding carboxylic acids is 1. The lowest BCUT2D eigenvalue weighted by molar-refractivity contribution is -0.113. The lowest BCUT2D eigenvalue weighted by Crippen LogP contribution is -2.32. The monoisotopic (exact) mass is 477 g/mol. The van der Waals surface area contributed by atoms with Crippen LogP contribution in [0, 0.1) is 12.8 Å². The minimum atomic E-state index is -0.147. The Morgan fingerprint density at radius 1 is 1.35 bits per heavy atom. The average Bonchev–Trinajstić information content (AvgIpc) is 3.20. The van der Waals surface area contributed by atoms with Gasteiger partial charge in [0.05, 0.1) is 18.6 Å². The molecule has 10 heteroatoms. The van der Waals surface area contributed by atoms with Gasteiger partial charge >= 0.3 is 0 Å². The van der Waals surface area contributed by atoms with Crippen LogP contribution in [-0.2, 0) is 4.79 Å². The Labute approximate surface area is 194 Å². The molecule has 1 aliphatic rings. The van der Waals surface area contributed by atoms with Crippen molar-refractivity contribution in [3.8, 4) is 5.75 Å². The van der Waals surface area contributed by atoms with Crippen molar-refractivity contribution in [1.29, 1.82) is 0 Å². The quantitative estimate of drug-likeness (QED) is 0.394. The van der Waals surface area contributed by atoms with Crippen LogP contribution in [0.1, 0.15) is 25.3 Å². The molecule has 1 saturated heterocycles. The Kier molecular flexibility index (Phi) is 6.83. The van der Waals surface area contributed by atoms with Crippen molar-refractivity contribution in [2.75, 3.05) is 36.2 Å². The van der Waals surface area contributed by atoms with Gasteiger partial charge in [0.1, 0.15) is 21.8 Å². The molecule has 0 aliphatic carbocycles. The third kappa shape index (κ3) is 5.05. The van der Waals surface area contributed by atoms with Crippen LogP contribution < -0.4 is 15.0 Å². The summed E-state index contributed by atoms with van der Waals surface area (Å²) in [5.74, 6) is 1.36. The van der Waals surface area contributed by atoms with Crippen molar-refractivity contribution in [3.05, 3.63) is 29.0 Å². The van der Waals surface area contributed by atoms with E-state index in [2.05, 4.69) is 27.1 Å². The summed E-state index contributed by atoms with van der Waals surface area (Å²) in [4.78, 5) is 28.3. The molecule has 2 aromatic heterocycles. The third-order valence-electron chi connectivity index (χ3n) is 5.30. The van der Waals surface area contributed by atoms with E-state index >= 15 is 0 Å². The van der Waals surface area contributed by atoms with Crippen molar-refractivity contribution >= 4 is 61.8 Å². The van der Waals surface area contributed by atoms with E-state index in [4.69, 9.17) is 21.3 Å². The van der Waals surface area contributed by atoms with Gasteiger partial charge in [-0.2, -0.15) is 4.98 Å². The van der Waals surface area contributed by atoms with Gasteiger partial charge in [0, 0.05) is 24.2 Å². The summed E-state index contributed by atoms with van der Waals surface area (Å²) in [6, 6.07) is 3.51. The second-order valence-corrected chi connectivity index (χ2v) is 9.98. The van der Waals surface area contributed by atoms with Gasteiger partial charge in [-0.1, -0.05) is 41.6 Å². The van der Waals surface area contributed by atoms with Crippen LogP contribution in [0.5, 0.6) is 5.75 Å². The first kappa shape index (κ1) is 22.1. The molecule has 0 bridgehead atoms. The van der Waals surface area contributed by atoms with Crippen LogP contribution in [0.15, 0.2) is 23.5 Å². The highest BCUT2D eigenvalue weighted by molar-refractivity contribution is 8.00. The Hall–Kier alpha value is -2.10. The molecule has 0 unspecified atom stereocenters. The van der Waals surface area contributed by atoms with Gasteiger partial charge in [-0.15, -0.1) is 0 Å². The highest BCUT2D eigenvalue weighted by Crippen LogP contribution is 2.35. The normalized spacial score (nSPS) is 14.8. The summed E-state index contributed by atoms with van der Waals surface area (Å²) in [6.07, 6.45) is 3.87. The van der Waals surface area contributed by atoms with E-state index in [0.29, 0.717) is 22.1 Å². The fourth-order valence-corrected chi connectivity index (χ4v) is 5.51. The molecular weight excluding hydrogens is 454 g/mol. The number of ether oxygens (including phenoxy) is 1. The zero-order chi connectivity index (χ0) is 22.0. The number of hydrogen-bond donors (Lipinski definition) is 1. The number of aryl methyl sites for hydroxylation is 1. The first-order valence-electron chi connectivity index (χ1n) is 10.1. The molecular formula is C21H24ClN5O2S2. The minimum Gasteiger partial charge on any atom is -0.495 e. The number of halogens is 1. The van der Waals surface area contributed by atoms with Gasteiger partial charge in [0.15, 0.2) is 10.8 Å². The zero-order valence-electron chi connectivity index (χ0n) is 17.6. The summed E-state index contributed by atoms with van der Waals surface area (Å²) < 4.78 is 6.26. The van der Waals surface area contributed by atoms with E-state index in [1.54, 1.807) is 24.5 Å². The first-order valence-corrected chi connectivity index (χ1v) is 12.3. The molecule has 0 atom stereocenters. The summed E-state index contributed by atoms with van der Waals surface area (Å²) in [5.41, 5.74) is 2.15. The Morgan fingerprint density at radius 2 is 2.13 bits per heavy atom. The number of piperidine rings is 1. The highest BCUT2D eigenvalue weighted by Gasteiger charge is 2.21. The molecule has 1 aromatic carbocycles. The summed E-state index contributed by atoms with van der Waals surface area (Å²) in [5, 5.41) is 5.25. The number of thioether (sulfide) groups is 1. The van der Waals surface area contributed by atoms with E-state index in [1.165, 1.54) is 30.9 Å². The van der Waals surface area contributed by atoms with Crippen molar-refractivity contribution in [2.45, 2.75) is 31.7 Å². The maximum atomic E-state index is 12.6. The van der Waals surface area contributed by atoms with Crippen LogP contribution in [0.4, 0.5) is 10.8 Å². The van der Waals surface area contributed by atoms with E-state index in [-0.39, 0.29) is 11.7 Å². The molecule has 164 valence electrons. The standard InChI is InChI=1S/C21H24ClN5O2S2/c1-12-4-6-27(7-5-12)21-26-19-18(31-21)20(24-11-23-19)30-10-17(28)25-15-8-13(2)14(22)9-16(15)29-3/h8-9,11-12H,4-7,10H2,1-3H3,(H,25,28). The van der Waals surface area contributed by atoms with Crippen molar-refractivity contribution in [1.82, 2.24) is 15.0 Å². The van der Waals surface area contributed by atoms with Gasteiger partial charge < -0.3 is 15.0 Å². The van der Waals surface area contributed by atoms with E-state index < -0.39 is 0 Å². The van der Waals surface area contributed by atoms with Gasteiger partial charge in [-0.25, -0.2) is 9.97 Å². The molecule has 1 amide bonds. The van der Waals surface area contributed by atoms with Crippen LogP contribution >= 0.6 is 34.7 Å². The second-order valence-electron chi connectivity index (χ2n) is 7.64. The number of nitrogens with zero attached hydrogens (tertiary/aromatic N) is 4. The zero-order valence-corrected chi connectivity index (χ0v) is 20.0. The van der Waals surface area contributed by atoms with Gasteiger partial charge in [-0.05, 0) is 37.3 Å². The maximum absolute atomic E-state index is 12.6. The Morgan fingerprint density at radius 3 is 2.87 bits per heavy atom. The average molecular weight is 478 g/mol. The molecule has 1 fully saturated rings. The number of thiazole rings is 1. The van der Waals surface area contributed by atoms with Gasteiger partial charge in [0.25, 0.3) is 0 Å². The number of nitrogens with one attached hydrogen (secondary N) is 1. The Bertz CT molecular complexity index is 1100. The van der Waals surface area contributed by atoms with Crippen molar-refractivity contribution in [3.63, 3.8) is 0 Å². The molecule has 31 heavy (non-hydrogen) atoms. The largest absolute Gasteiger partial charge is 0.495 e. The predicted octanol–water partition coefficient (Wildman–Crippen LogP) is 5.02. The molecule has 0 saturated carbocycles. The lowest BCUT2D eigenvalue weighted by atomic mass is 10.00. The van der Waals surface area contributed by atoms with Crippen LogP contribution in [0.25, 0.3) is 10.3 Å². The number of aromatic nitrogens is 3. The molecule has 3 heterocycles. The van der Waals surface area contributed by atoms with E-state index in [9.17, 15) is 4.79 Å². The molecule has 0 spiro atoms. The minimum absolute atomic E-state index is 0.147. The van der Waals surface area contributed by atoms with Crippen molar-refractivity contribution < 1.29 is 9.53 Å². The number of anilines is 2. The molecule has 7 nitrogen and oxygen atoms in total. The smallest absolute Gasteiger partial charge is 0.234 e. The number of hydrogen-bond acceptors (Lipinski definition) is 8. The predicted molar refractivity (Wildman–Crippen MR) is 128 cm³/mol. The SMILES string of the molecule is COc1cc(Cl)c(C)cc1NC(=O)CSc1ncnc2nc(N3CCC(C)CC3)sc12. The first-order chi connectivity index (χ1) is 14.9. The van der Waals surface area contributed by atoms with Crippen molar-refractivity contribution in [2.24, 2.45) is 5.92 Å². The number of benzene rings is 1. The topological polar surface area (TPSA) is 80.2 Å². The van der Waals surface area contributed by atoms with Crippen LogP contribution in [0.3, 0.4) is 0 Å².